The number of ether oxygens (including phenoxy) is 2. The highest BCUT2D eigenvalue weighted by Crippen LogP contribution is 2.35. The molecule has 0 bridgehead atoms. The number of fused-ring (bicyclic) bond motifs is 1. The molecule has 0 unspecified atom stereocenters. The average molecular weight is 432 g/mol. The molecule has 27 heavy (non-hydrogen) atoms. The molecular formula is C18H18BrN5O3. The topological polar surface area (TPSA) is 85.3 Å². The number of rotatable bonds is 5. The van der Waals surface area contributed by atoms with Gasteiger partial charge in [-0.25, -0.2) is 0 Å². The van der Waals surface area contributed by atoms with Gasteiger partial charge in [0.15, 0.2) is 11.5 Å². The van der Waals surface area contributed by atoms with Crippen LogP contribution in [0.2, 0.25) is 0 Å². The van der Waals surface area contributed by atoms with E-state index in [2.05, 4.69) is 31.2 Å². The number of H-pyrrole nitrogens is 1. The maximum absolute atomic E-state index is 12.7. The molecule has 0 atom stereocenters. The zero-order valence-electron chi connectivity index (χ0n) is 14.9. The fourth-order valence-corrected chi connectivity index (χ4v) is 3.28. The van der Waals surface area contributed by atoms with Crippen LogP contribution in [-0.4, -0.2) is 44.6 Å². The van der Waals surface area contributed by atoms with Crippen LogP contribution in [0, 0.1) is 0 Å². The first kappa shape index (κ1) is 17.6. The lowest BCUT2D eigenvalue weighted by molar-refractivity contribution is 0.0777. The van der Waals surface area contributed by atoms with Gasteiger partial charge in [-0.1, -0.05) is 0 Å². The number of hydrogen-bond acceptors (Lipinski definition) is 5. The van der Waals surface area contributed by atoms with Crippen molar-refractivity contribution in [2.45, 2.75) is 20.0 Å². The third-order valence-electron chi connectivity index (χ3n) is 4.32. The van der Waals surface area contributed by atoms with Gasteiger partial charge in [0.05, 0.1) is 22.4 Å². The summed E-state index contributed by atoms with van der Waals surface area (Å²) in [5, 5.41) is 11.5. The highest BCUT2D eigenvalue weighted by Gasteiger charge is 2.19. The summed E-state index contributed by atoms with van der Waals surface area (Å²) < 4.78 is 13.4. The van der Waals surface area contributed by atoms with Crippen LogP contribution in [0.25, 0.3) is 11.3 Å². The molecule has 9 heteroatoms. The summed E-state index contributed by atoms with van der Waals surface area (Å²) in [6.07, 6.45) is 1.90. The van der Waals surface area contributed by atoms with E-state index in [9.17, 15) is 4.79 Å². The Hall–Kier alpha value is -2.81. The molecular weight excluding hydrogens is 414 g/mol. The minimum absolute atomic E-state index is 0.160. The summed E-state index contributed by atoms with van der Waals surface area (Å²) in [6.45, 7) is 3.40. The van der Waals surface area contributed by atoms with Crippen LogP contribution in [0.3, 0.4) is 0 Å². The SMILES string of the molecule is CCn1cc(Br)c(CN(C)C(=O)c2cc(-c3ccc4c(c3)OCO4)n[nH]2)n1. The summed E-state index contributed by atoms with van der Waals surface area (Å²) in [6, 6.07) is 7.30. The van der Waals surface area contributed by atoms with E-state index >= 15 is 0 Å². The molecule has 0 radical (unpaired) electrons. The number of carbonyl (C=O) groups excluding carboxylic acids is 1. The van der Waals surface area contributed by atoms with E-state index in [4.69, 9.17) is 9.47 Å². The first-order valence-electron chi connectivity index (χ1n) is 8.48. The molecule has 3 aromatic rings. The first-order chi connectivity index (χ1) is 13.0. The highest BCUT2D eigenvalue weighted by atomic mass is 79.9. The van der Waals surface area contributed by atoms with Gasteiger partial charge in [0, 0.05) is 25.4 Å². The average Bonchev–Trinajstić information content (AvgIpc) is 3.40. The Bertz CT molecular complexity index is 997. The van der Waals surface area contributed by atoms with E-state index in [-0.39, 0.29) is 12.7 Å². The molecule has 1 aliphatic heterocycles. The van der Waals surface area contributed by atoms with Gasteiger partial charge in [-0.15, -0.1) is 0 Å². The van der Waals surface area contributed by atoms with Gasteiger partial charge in [0.25, 0.3) is 5.91 Å². The van der Waals surface area contributed by atoms with Crippen LogP contribution in [0.5, 0.6) is 11.5 Å². The molecule has 1 aromatic carbocycles. The van der Waals surface area contributed by atoms with E-state index in [1.807, 2.05) is 36.0 Å². The van der Waals surface area contributed by atoms with E-state index in [0.717, 1.165) is 22.3 Å². The molecule has 8 nitrogen and oxygen atoms in total. The molecule has 3 heterocycles. The largest absolute Gasteiger partial charge is 0.454 e. The maximum Gasteiger partial charge on any atom is 0.271 e. The number of hydrogen-bond donors (Lipinski definition) is 1. The Balaban J connectivity index is 1.50. The third kappa shape index (κ3) is 3.42. The van der Waals surface area contributed by atoms with Crippen molar-refractivity contribution in [3.05, 3.63) is 46.3 Å². The summed E-state index contributed by atoms with van der Waals surface area (Å²) in [7, 11) is 1.74. The number of nitrogens with one attached hydrogen (secondary N) is 1. The second kappa shape index (κ2) is 7.07. The highest BCUT2D eigenvalue weighted by molar-refractivity contribution is 9.10. The van der Waals surface area contributed by atoms with Gasteiger partial charge in [-0.3, -0.25) is 14.6 Å². The van der Waals surface area contributed by atoms with Gasteiger partial charge in [-0.2, -0.15) is 10.2 Å². The summed E-state index contributed by atoms with van der Waals surface area (Å²) in [4.78, 5) is 14.3. The van der Waals surface area contributed by atoms with Crippen LogP contribution >= 0.6 is 15.9 Å². The molecule has 0 fully saturated rings. The second-order valence-corrected chi connectivity index (χ2v) is 7.03. The van der Waals surface area contributed by atoms with Crippen molar-refractivity contribution in [2.75, 3.05) is 13.8 Å². The summed E-state index contributed by atoms with van der Waals surface area (Å²) in [5.41, 5.74) is 2.74. The van der Waals surface area contributed by atoms with Gasteiger partial charge in [0.2, 0.25) is 6.79 Å². The van der Waals surface area contributed by atoms with E-state index in [1.165, 1.54) is 0 Å². The Morgan fingerprint density at radius 1 is 1.33 bits per heavy atom. The van der Waals surface area contributed by atoms with E-state index in [1.54, 1.807) is 18.0 Å². The monoisotopic (exact) mass is 431 g/mol. The molecule has 4 rings (SSSR count). The number of nitrogens with zero attached hydrogens (tertiary/aromatic N) is 4. The summed E-state index contributed by atoms with van der Waals surface area (Å²) in [5.74, 6) is 1.23. The number of aryl methyl sites for hydroxylation is 1. The molecule has 2 aromatic heterocycles. The predicted molar refractivity (Wildman–Crippen MR) is 102 cm³/mol. The fraction of sp³-hybridized carbons (Fsp3) is 0.278. The van der Waals surface area contributed by atoms with Gasteiger partial charge in [-0.05, 0) is 47.1 Å². The molecule has 1 N–H and O–H groups in total. The summed E-state index contributed by atoms with van der Waals surface area (Å²) >= 11 is 3.49. The third-order valence-corrected chi connectivity index (χ3v) is 4.98. The Morgan fingerprint density at radius 3 is 2.93 bits per heavy atom. The lowest BCUT2D eigenvalue weighted by Crippen LogP contribution is -2.27. The van der Waals surface area contributed by atoms with Crippen molar-refractivity contribution < 1.29 is 14.3 Å². The molecule has 140 valence electrons. The number of aromatic nitrogens is 4. The van der Waals surface area contributed by atoms with Crippen LogP contribution < -0.4 is 9.47 Å². The maximum atomic E-state index is 12.7. The normalized spacial score (nSPS) is 12.4. The number of benzene rings is 1. The van der Waals surface area contributed by atoms with Gasteiger partial charge in [0.1, 0.15) is 5.69 Å². The van der Waals surface area contributed by atoms with E-state index in [0.29, 0.717) is 29.4 Å². The lowest BCUT2D eigenvalue weighted by Gasteiger charge is -2.14. The smallest absolute Gasteiger partial charge is 0.271 e. The van der Waals surface area contributed by atoms with Gasteiger partial charge >= 0.3 is 0 Å². The first-order valence-corrected chi connectivity index (χ1v) is 9.27. The zero-order valence-corrected chi connectivity index (χ0v) is 16.5. The van der Waals surface area contributed by atoms with Crippen LogP contribution in [-0.2, 0) is 13.1 Å². The quantitative estimate of drug-likeness (QED) is 0.670. The van der Waals surface area contributed by atoms with Crippen LogP contribution in [0.15, 0.2) is 34.9 Å². The van der Waals surface area contributed by atoms with Crippen molar-refractivity contribution >= 4 is 21.8 Å². The minimum Gasteiger partial charge on any atom is -0.454 e. The molecule has 1 amide bonds. The van der Waals surface area contributed by atoms with Crippen molar-refractivity contribution in [1.29, 1.82) is 0 Å². The molecule has 0 aliphatic carbocycles. The van der Waals surface area contributed by atoms with Crippen molar-refractivity contribution in [3.63, 3.8) is 0 Å². The number of aromatic amines is 1. The molecule has 0 saturated carbocycles. The van der Waals surface area contributed by atoms with Gasteiger partial charge < -0.3 is 14.4 Å². The van der Waals surface area contributed by atoms with Crippen LogP contribution in [0.4, 0.5) is 0 Å². The van der Waals surface area contributed by atoms with Crippen molar-refractivity contribution in [3.8, 4) is 22.8 Å². The minimum atomic E-state index is -0.160. The zero-order chi connectivity index (χ0) is 19.0. The Morgan fingerprint density at radius 2 is 2.15 bits per heavy atom. The molecule has 1 aliphatic rings. The number of amides is 1. The van der Waals surface area contributed by atoms with Crippen molar-refractivity contribution in [1.82, 2.24) is 24.9 Å². The molecule has 0 spiro atoms. The van der Waals surface area contributed by atoms with E-state index < -0.39 is 0 Å². The Labute approximate surface area is 164 Å². The van der Waals surface area contributed by atoms with Crippen LogP contribution in [0.1, 0.15) is 23.1 Å². The standard InChI is InChI=1S/C18H18BrN5O3/c1-3-24-8-12(19)15(22-24)9-23(2)18(25)14-7-13(20-21-14)11-4-5-16-17(6-11)27-10-26-16/h4-8H,3,9-10H2,1-2H3,(H,20,21). The number of carbonyl (C=O) groups is 1. The van der Waals surface area contributed by atoms with Crippen molar-refractivity contribution in [2.24, 2.45) is 0 Å². The predicted octanol–water partition coefficient (Wildman–Crippen LogP) is 3.06. The molecule has 0 saturated heterocycles. The Kier molecular flexibility index (Phi) is 4.61. The number of halogens is 1. The lowest BCUT2D eigenvalue weighted by atomic mass is 10.1. The second-order valence-electron chi connectivity index (χ2n) is 6.18. The fourth-order valence-electron chi connectivity index (χ4n) is 2.84.